The van der Waals surface area contributed by atoms with E-state index in [0.717, 1.165) is 18.8 Å². The maximum Gasteiger partial charge on any atom is 0.119 e. The van der Waals surface area contributed by atoms with Gasteiger partial charge < -0.3 is 15.2 Å². The number of aliphatic hydroxyl groups is 1. The van der Waals surface area contributed by atoms with Gasteiger partial charge in [-0.15, -0.1) is 12.4 Å². The molecule has 0 aromatic heterocycles. The third kappa shape index (κ3) is 7.54. The van der Waals surface area contributed by atoms with Crippen LogP contribution in [0, 0.1) is 0 Å². The van der Waals surface area contributed by atoms with Gasteiger partial charge in [0.1, 0.15) is 12.4 Å². The number of halogens is 1. The number of unbranched alkanes of at least 4 members (excludes halogenated alkanes) is 2. The Morgan fingerprint density at radius 2 is 1.89 bits per heavy atom. The van der Waals surface area contributed by atoms with Gasteiger partial charge in [-0.25, -0.2) is 0 Å². The summed E-state index contributed by atoms with van der Waals surface area (Å²) in [5.41, 5.74) is 1.26. The second-order valence-corrected chi connectivity index (χ2v) is 4.10. The Morgan fingerprint density at radius 1 is 1.17 bits per heavy atom. The molecule has 0 aliphatic rings. The monoisotopic (exact) mass is 273 g/mol. The molecular weight excluding hydrogens is 250 g/mol. The Balaban J connectivity index is 0.00000289. The number of hydrogen-bond donors (Lipinski definition) is 2. The summed E-state index contributed by atoms with van der Waals surface area (Å²) in [6, 6.07) is 8.00. The number of hydrogen-bond acceptors (Lipinski definition) is 3. The number of benzene rings is 1. The molecule has 18 heavy (non-hydrogen) atoms. The summed E-state index contributed by atoms with van der Waals surface area (Å²) < 4.78 is 5.30. The lowest BCUT2D eigenvalue weighted by atomic mass is 10.2. The molecule has 0 unspecified atom stereocenters. The van der Waals surface area contributed by atoms with E-state index >= 15 is 0 Å². The first-order valence-corrected chi connectivity index (χ1v) is 6.40. The molecule has 0 fully saturated rings. The average Bonchev–Trinajstić information content (AvgIpc) is 2.37. The molecule has 1 aromatic carbocycles. The third-order valence-electron chi connectivity index (χ3n) is 2.57. The van der Waals surface area contributed by atoms with Gasteiger partial charge in [0, 0.05) is 6.54 Å². The maximum atomic E-state index is 8.63. The van der Waals surface area contributed by atoms with E-state index in [0.29, 0.717) is 6.61 Å². The molecule has 1 aromatic rings. The Morgan fingerprint density at radius 3 is 2.50 bits per heavy atom. The minimum absolute atomic E-state index is 0. The lowest BCUT2D eigenvalue weighted by Crippen LogP contribution is -2.14. The van der Waals surface area contributed by atoms with E-state index in [-0.39, 0.29) is 19.0 Å². The normalized spacial score (nSPS) is 9.89. The van der Waals surface area contributed by atoms with Gasteiger partial charge in [0.25, 0.3) is 0 Å². The van der Waals surface area contributed by atoms with Crippen molar-refractivity contribution < 1.29 is 9.84 Å². The van der Waals surface area contributed by atoms with Gasteiger partial charge in [0.2, 0.25) is 0 Å². The third-order valence-corrected chi connectivity index (χ3v) is 2.57. The lowest BCUT2D eigenvalue weighted by Gasteiger charge is -2.07. The van der Waals surface area contributed by atoms with E-state index in [4.69, 9.17) is 9.84 Å². The zero-order valence-electron chi connectivity index (χ0n) is 11.0. The van der Waals surface area contributed by atoms with Crippen molar-refractivity contribution in [3.05, 3.63) is 29.8 Å². The molecule has 0 aliphatic heterocycles. The largest absolute Gasteiger partial charge is 0.491 e. The molecule has 104 valence electrons. The van der Waals surface area contributed by atoms with Crippen LogP contribution in [0.25, 0.3) is 0 Å². The SMILES string of the molecule is CCCCCNCc1ccc(OCCO)cc1.Cl. The van der Waals surface area contributed by atoms with E-state index in [1.165, 1.54) is 24.8 Å². The second kappa shape index (κ2) is 11.3. The molecule has 0 aliphatic carbocycles. The molecule has 1 rings (SSSR count). The molecule has 0 atom stereocenters. The summed E-state index contributed by atoms with van der Waals surface area (Å²) in [7, 11) is 0. The topological polar surface area (TPSA) is 41.5 Å². The summed E-state index contributed by atoms with van der Waals surface area (Å²) in [5, 5.41) is 12.1. The van der Waals surface area contributed by atoms with E-state index in [2.05, 4.69) is 24.4 Å². The van der Waals surface area contributed by atoms with Gasteiger partial charge in [-0.3, -0.25) is 0 Å². The molecular formula is C14H24ClNO2. The molecule has 0 saturated carbocycles. The van der Waals surface area contributed by atoms with Gasteiger partial charge in [0.15, 0.2) is 0 Å². The molecule has 2 N–H and O–H groups in total. The van der Waals surface area contributed by atoms with Crippen LogP contribution in [0.15, 0.2) is 24.3 Å². The summed E-state index contributed by atoms with van der Waals surface area (Å²) in [5.74, 6) is 0.814. The molecule has 4 heteroatoms. The number of rotatable bonds is 9. The van der Waals surface area contributed by atoms with Crippen molar-refractivity contribution in [1.82, 2.24) is 5.32 Å². The van der Waals surface area contributed by atoms with E-state index in [1.807, 2.05) is 12.1 Å². The highest BCUT2D eigenvalue weighted by molar-refractivity contribution is 5.85. The Labute approximate surface area is 116 Å². The fourth-order valence-corrected chi connectivity index (χ4v) is 1.60. The second-order valence-electron chi connectivity index (χ2n) is 4.10. The number of ether oxygens (including phenoxy) is 1. The van der Waals surface area contributed by atoms with E-state index in [1.54, 1.807) is 0 Å². The van der Waals surface area contributed by atoms with Crippen molar-refractivity contribution in [3.8, 4) is 5.75 Å². The molecule has 0 bridgehead atoms. The maximum absolute atomic E-state index is 8.63. The first-order chi connectivity index (χ1) is 8.36. The van der Waals surface area contributed by atoms with Crippen molar-refractivity contribution in [2.45, 2.75) is 32.7 Å². The predicted octanol–water partition coefficient (Wildman–Crippen LogP) is 2.76. The van der Waals surface area contributed by atoms with Crippen LogP contribution in [0.4, 0.5) is 0 Å². The fourth-order valence-electron chi connectivity index (χ4n) is 1.60. The van der Waals surface area contributed by atoms with Crippen molar-refractivity contribution in [2.75, 3.05) is 19.8 Å². The first kappa shape index (κ1) is 17.2. The highest BCUT2D eigenvalue weighted by Crippen LogP contribution is 2.11. The van der Waals surface area contributed by atoms with E-state index in [9.17, 15) is 0 Å². The van der Waals surface area contributed by atoms with Crippen LogP contribution in [-0.4, -0.2) is 24.9 Å². The quantitative estimate of drug-likeness (QED) is 0.680. The van der Waals surface area contributed by atoms with Crippen molar-refractivity contribution in [1.29, 1.82) is 0 Å². The van der Waals surface area contributed by atoms with Crippen LogP contribution in [0.2, 0.25) is 0 Å². The number of aliphatic hydroxyl groups excluding tert-OH is 1. The van der Waals surface area contributed by atoms with Crippen LogP contribution < -0.4 is 10.1 Å². The Hall–Kier alpha value is -0.770. The fraction of sp³-hybridized carbons (Fsp3) is 0.571. The summed E-state index contributed by atoms with van der Waals surface area (Å²) in [6.07, 6.45) is 3.80. The number of nitrogens with one attached hydrogen (secondary N) is 1. The first-order valence-electron chi connectivity index (χ1n) is 6.40. The molecule has 3 nitrogen and oxygen atoms in total. The van der Waals surface area contributed by atoms with Crippen LogP contribution in [-0.2, 0) is 6.54 Å². The highest BCUT2D eigenvalue weighted by Gasteiger charge is 1.95. The van der Waals surface area contributed by atoms with Crippen LogP contribution in [0.3, 0.4) is 0 Å². The molecule has 0 radical (unpaired) electrons. The minimum atomic E-state index is 0. The van der Waals surface area contributed by atoms with Crippen LogP contribution in [0.1, 0.15) is 31.7 Å². The van der Waals surface area contributed by atoms with Crippen molar-refractivity contribution in [2.24, 2.45) is 0 Å². The summed E-state index contributed by atoms with van der Waals surface area (Å²) in [6.45, 7) is 4.61. The van der Waals surface area contributed by atoms with Crippen LogP contribution >= 0.6 is 12.4 Å². The Bertz CT molecular complexity index is 290. The predicted molar refractivity (Wildman–Crippen MR) is 77.5 cm³/mol. The molecule has 0 saturated heterocycles. The van der Waals surface area contributed by atoms with Crippen LogP contribution in [0.5, 0.6) is 5.75 Å². The zero-order chi connectivity index (χ0) is 12.3. The van der Waals surface area contributed by atoms with Crippen molar-refractivity contribution in [3.63, 3.8) is 0 Å². The van der Waals surface area contributed by atoms with Gasteiger partial charge in [0.05, 0.1) is 6.61 Å². The average molecular weight is 274 g/mol. The minimum Gasteiger partial charge on any atom is -0.491 e. The standard InChI is InChI=1S/C14H23NO2.ClH/c1-2-3-4-9-15-12-13-5-7-14(8-6-13)17-11-10-16;/h5-8,15-16H,2-4,9-12H2,1H3;1H. The summed E-state index contributed by atoms with van der Waals surface area (Å²) >= 11 is 0. The van der Waals surface area contributed by atoms with Crippen molar-refractivity contribution >= 4 is 12.4 Å². The van der Waals surface area contributed by atoms with Gasteiger partial charge in [-0.05, 0) is 30.7 Å². The lowest BCUT2D eigenvalue weighted by molar-refractivity contribution is 0.201. The van der Waals surface area contributed by atoms with E-state index < -0.39 is 0 Å². The summed E-state index contributed by atoms with van der Waals surface area (Å²) in [4.78, 5) is 0. The Kier molecular flexibility index (Phi) is 10.8. The van der Waals surface area contributed by atoms with Gasteiger partial charge in [-0.2, -0.15) is 0 Å². The molecule has 0 heterocycles. The highest BCUT2D eigenvalue weighted by atomic mass is 35.5. The molecule has 0 spiro atoms. The van der Waals surface area contributed by atoms with Gasteiger partial charge >= 0.3 is 0 Å². The zero-order valence-corrected chi connectivity index (χ0v) is 11.8. The van der Waals surface area contributed by atoms with Gasteiger partial charge in [-0.1, -0.05) is 31.9 Å². The smallest absolute Gasteiger partial charge is 0.119 e. The molecule has 0 amide bonds.